The molecular weight excluding hydrogens is 186 g/mol. The number of aliphatic hydroxyl groups is 1. The van der Waals surface area contributed by atoms with E-state index in [1.807, 2.05) is 12.2 Å². The van der Waals surface area contributed by atoms with Crippen LogP contribution in [0.1, 0.15) is 25.7 Å². The van der Waals surface area contributed by atoms with Crippen molar-refractivity contribution in [3.8, 4) is 0 Å². The predicted molar refractivity (Wildman–Crippen MR) is 64.8 cm³/mol. The lowest BCUT2D eigenvalue weighted by Gasteiger charge is -2.13. The van der Waals surface area contributed by atoms with Crippen LogP contribution in [-0.4, -0.2) is 24.3 Å². The van der Waals surface area contributed by atoms with Gasteiger partial charge in [-0.15, -0.1) is 0 Å². The van der Waals surface area contributed by atoms with E-state index >= 15 is 0 Å². The van der Waals surface area contributed by atoms with Gasteiger partial charge in [-0.25, -0.2) is 0 Å². The lowest BCUT2D eigenvalue weighted by atomic mass is 9.98. The van der Waals surface area contributed by atoms with E-state index in [4.69, 9.17) is 5.11 Å². The molecule has 1 atom stereocenters. The summed E-state index contributed by atoms with van der Waals surface area (Å²) in [5.74, 6) is 0. The summed E-state index contributed by atoms with van der Waals surface area (Å²) in [5.41, 5.74) is 2.35. The minimum Gasteiger partial charge on any atom is -0.396 e. The van der Waals surface area contributed by atoms with E-state index < -0.39 is 0 Å². The Morgan fingerprint density at radius 2 is 2.07 bits per heavy atom. The smallest absolute Gasteiger partial charge is 0.0471 e. The number of nitrogens with one attached hydrogen (secondary N) is 1. The summed E-state index contributed by atoms with van der Waals surface area (Å²) in [7, 11) is 0. The molecule has 2 N–H and O–H groups in total. The van der Waals surface area contributed by atoms with E-state index in [9.17, 15) is 0 Å². The Labute approximate surface area is 92.4 Å². The van der Waals surface area contributed by atoms with Crippen LogP contribution in [-0.2, 0) is 0 Å². The Morgan fingerprint density at radius 1 is 1.33 bits per heavy atom. The molecule has 1 unspecified atom stereocenters. The summed E-state index contributed by atoms with van der Waals surface area (Å²) in [5, 5.41) is 12.4. The summed E-state index contributed by atoms with van der Waals surface area (Å²) in [6.07, 6.45) is 7.91. The van der Waals surface area contributed by atoms with Gasteiger partial charge >= 0.3 is 0 Å². The molecule has 0 bridgehead atoms. The van der Waals surface area contributed by atoms with Crippen molar-refractivity contribution in [2.24, 2.45) is 0 Å². The van der Waals surface area contributed by atoms with Gasteiger partial charge in [-0.05, 0) is 43.4 Å². The fraction of sp³-hybridized carbons (Fsp3) is 0.538. The molecule has 0 aliphatic carbocycles. The van der Waals surface area contributed by atoms with Gasteiger partial charge in [-0.1, -0.05) is 25.3 Å². The van der Waals surface area contributed by atoms with Crippen molar-refractivity contribution in [1.82, 2.24) is 5.32 Å². The average molecular weight is 207 g/mol. The van der Waals surface area contributed by atoms with Crippen LogP contribution in [0.2, 0.25) is 0 Å². The fourth-order valence-electron chi connectivity index (χ4n) is 2.06. The lowest BCUT2D eigenvalue weighted by molar-refractivity contribution is 0.300. The maximum atomic E-state index is 8.94. The molecule has 0 aromatic rings. The molecule has 1 aliphatic heterocycles. The Bertz CT molecular complexity index is 249. The molecule has 0 spiro atoms. The second-order valence-electron chi connectivity index (χ2n) is 3.93. The van der Waals surface area contributed by atoms with Crippen LogP contribution < -0.4 is 5.32 Å². The van der Waals surface area contributed by atoms with Crippen LogP contribution in [0.5, 0.6) is 0 Å². The zero-order valence-electron chi connectivity index (χ0n) is 9.34. The van der Waals surface area contributed by atoms with Crippen molar-refractivity contribution in [2.45, 2.75) is 31.7 Å². The molecular formula is C13H21NO. The SMILES string of the molecule is C=C/C(CCO)=C(\C=C)CC1CCCN1. The third kappa shape index (κ3) is 3.65. The number of hydrogen-bond donors (Lipinski definition) is 2. The molecule has 2 heteroatoms. The highest BCUT2D eigenvalue weighted by Gasteiger charge is 2.15. The quantitative estimate of drug-likeness (QED) is 0.654. The molecule has 0 amide bonds. The first-order valence-electron chi connectivity index (χ1n) is 5.63. The van der Waals surface area contributed by atoms with Gasteiger partial charge in [0.05, 0.1) is 0 Å². The Balaban J connectivity index is 2.65. The second-order valence-corrected chi connectivity index (χ2v) is 3.93. The van der Waals surface area contributed by atoms with Crippen LogP contribution in [0, 0.1) is 0 Å². The van der Waals surface area contributed by atoms with Gasteiger partial charge in [0.15, 0.2) is 0 Å². The third-order valence-corrected chi connectivity index (χ3v) is 2.92. The standard InChI is InChI=1S/C13H21NO/c1-3-11(7-9-15)12(4-2)10-13-6-5-8-14-13/h3-4,13-15H,1-2,5-10H2/b12-11-. The maximum Gasteiger partial charge on any atom is 0.0471 e. The molecule has 0 aromatic carbocycles. The van der Waals surface area contributed by atoms with Crippen LogP contribution in [0.25, 0.3) is 0 Å². The van der Waals surface area contributed by atoms with E-state index in [2.05, 4.69) is 18.5 Å². The van der Waals surface area contributed by atoms with Crippen molar-refractivity contribution >= 4 is 0 Å². The van der Waals surface area contributed by atoms with Gasteiger partial charge < -0.3 is 10.4 Å². The largest absolute Gasteiger partial charge is 0.396 e. The van der Waals surface area contributed by atoms with Gasteiger partial charge in [-0.2, -0.15) is 0 Å². The Kier molecular flexibility index (Phi) is 5.37. The first kappa shape index (κ1) is 12.2. The summed E-state index contributed by atoms with van der Waals surface area (Å²) in [4.78, 5) is 0. The maximum absolute atomic E-state index is 8.94. The van der Waals surface area contributed by atoms with Gasteiger partial charge in [0.2, 0.25) is 0 Å². The van der Waals surface area contributed by atoms with Crippen molar-refractivity contribution in [3.05, 3.63) is 36.5 Å². The summed E-state index contributed by atoms with van der Waals surface area (Å²) in [6.45, 7) is 8.93. The molecule has 2 nitrogen and oxygen atoms in total. The van der Waals surface area contributed by atoms with Gasteiger partial charge in [0.25, 0.3) is 0 Å². The van der Waals surface area contributed by atoms with Crippen molar-refractivity contribution in [2.75, 3.05) is 13.2 Å². The number of allylic oxidation sites excluding steroid dienone is 2. The summed E-state index contributed by atoms with van der Waals surface area (Å²) in [6, 6.07) is 0.576. The van der Waals surface area contributed by atoms with Crippen molar-refractivity contribution in [1.29, 1.82) is 0 Å². The second kappa shape index (κ2) is 6.59. The zero-order chi connectivity index (χ0) is 11.1. The third-order valence-electron chi connectivity index (χ3n) is 2.92. The molecule has 1 aliphatic rings. The minimum absolute atomic E-state index is 0.177. The first-order valence-corrected chi connectivity index (χ1v) is 5.63. The Hall–Kier alpha value is -0.860. The van der Waals surface area contributed by atoms with Gasteiger partial charge in [0, 0.05) is 12.6 Å². The fourth-order valence-corrected chi connectivity index (χ4v) is 2.06. The Morgan fingerprint density at radius 3 is 2.53 bits per heavy atom. The first-order chi connectivity index (χ1) is 7.31. The number of rotatable bonds is 6. The van der Waals surface area contributed by atoms with Crippen LogP contribution in [0.4, 0.5) is 0 Å². The molecule has 84 valence electrons. The monoisotopic (exact) mass is 207 g/mol. The van der Waals surface area contributed by atoms with Crippen LogP contribution in [0.15, 0.2) is 36.5 Å². The normalized spacial score (nSPS) is 22.3. The molecule has 1 rings (SSSR count). The van der Waals surface area contributed by atoms with E-state index in [1.165, 1.54) is 18.4 Å². The zero-order valence-corrected chi connectivity index (χ0v) is 9.34. The molecule has 0 saturated carbocycles. The highest BCUT2D eigenvalue weighted by atomic mass is 16.2. The molecule has 1 fully saturated rings. The van der Waals surface area contributed by atoms with Crippen molar-refractivity contribution in [3.63, 3.8) is 0 Å². The van der Waals surface area contributed by atoms with Crippen LogP contribution in [0.3, 0.4) is 0 Å². The highest BCUT2D eigenvalue weighted by Crippen LogP contribution is 2.20. The summed E-state index contributed by atoms with van der Waals surface area (Å²) < 4.78 is 0. The molecule has 1 heterocycles. The number of aliphatic hydroxyl groups excluding tert-OH is 1. The van der Waals surface area contributed by atoms with Crippen molar-refractivity contribution < 1.29 is 5.11 Å². The molecule has 1 saturated heterocycles. The van der Waals surface area contributed by atoms with E-state index in [0.29, 0.717) is 12.5 Å². The highest BCUT2D eigenvalue weighted by molar-refractivity contribution is 5.32. The van der Waals surface area contributed by atoms with E-state index in [1.54, 1.807) is 0 Å². The summed E-state index contributed by atoms with van der Waals surface area (Å²) >= 11 is 0. The molecule has 0 radical (unpaired) electrons. The van der Waals surface area contributed by atoms with Gasteiger partial charge in [-0.3, -0.25) is 0 Å². The topological polar surface area (TPSA) is 32.3 Å². The minimum atomic E-state index is 0.177. The molecule has 0 aromatic heterocycles. The lowest BCUT2D eigenvalue weighted by Crippen LogP contribution is -2.21. The van der Waals surface area contributed by atoms with E-state index in [0.717, 1.165) is 18.5 Å². The van der Waals surface area contributed by atoms with Gasteiger partial charge in [0.1, 0.15) is 0 Å². The predicted octanol–water partition coefficient (Wildman–Crippen LogP) is 2.18. The number of hydrogen-bond acceptors (Lipinski definition) is 2. The molecule has 15 heavy (non-hydrogen) atoms. The van der Waals surface area contributed by atoms with E-state index in [-0.39, 0.29) is 6.61 Å². The average Bonchev–Trinajstić information content (AvgIpc) is 2.75. The van der Waals surface area contributed by atoms with Crippen LogP contribution >= 0.6 is 0 Å².